The lowest BCUT2D eigenvalue weighted by atomic mass is 10.1. The highest BCUT2D eigenvalue weighted by Crippen LogP contribution is 2.23. The van der Waals surface area contributed by atoms with Crippen molar-refractivity contribution in [2.24, 2.45) is 0 Å². The number of benzene rings is 1. The van der Waals surface area contributed by atoms with E-state index in [2.05, 4.69) is 12.2 Å². The van der Waals surface area contributed by atoms with Crippen molar-refractivity contribution in [2.45, 2.75) is 33.1 Å². The summed E-state index contributed by atoms with van der Waals surface area (Å²) in [7, 11) is 1.66. The van der Waals surface area contributed by atoms with Gasteiger partial charge in [0.25, 0.3) is 0 Å². The number of methoxy groups -OCH3 is 1. The van der Waals surface area contributed by atoms with Gasteiger partial charge in [0.2, 0.25) is 5.91 Å². The molecule has 88 valence electrons. The van der Waals surface area contributed by atoms with Crippen LogP contribution in [0.15, 0.2) is 18.2 Å². The SMILES string of the molecule is CCCC(=O)Nc1ccc(OC)c(CC)c1. The van der Waals surface area contributed by atoms with Crippen molar-refractivity contribution in [3.63, 3.8) is 0 Å². The average Bonchev–Trinajstić information content (AvgIpc) is 2.29. The molecule has 0 aliphatic rings. The molecule has 0 spiro atoms. The van der Waals surface area contributed by atoms with E-state index in [9.17, 15) is 4.79 Å². The van der Waals surface area contributed by atoms with Crippen LogP contribution in [0.1, 0.15) is 32.3 Å². The molecule has 3 nitrogen and oxygen atoms in total. The molecule has 0 aromatic heterocycles. The zero-order chi connectivity index (χ0) is 12.0. The van der Waals surface area contributed by atoms with Crippen molar-refractivity contribution in [2.75, 3.05) is 12.4 Å². The standard InChI is InChI=1S/C13H19NO2/c1-4-6-13(15)14-11-7-8-12(16-3)10(5-2)9-11/h7-9H,4-6H2,1-3H3,(H,14,15). The summed E-state index contributed by atoms with van der Waals surface area (Å²) in [4.78, 5) is 11.4. The van der Waals surface area contributed by atoms with Gasteiger partial charge in [-0.15, -0.1) is 0 Å². The first-order valence-electron chi connectivity index (χ1n) is 5.68. The molecule has 0 radical (unpaired) electrons. The van der Waals surface area contributed by atoms with Crippen molar-refractivity contribution < 1.29 is 9.53 Å². The summed E-state index contributed by atoms with van der Waals surface area (Å²) >= 11 is 0. The highest BCUT2D eigenvalue weighted by molar-refractivity contribution is 5.90. The summed E-state index contributed by atoms with van der Waals surface area (Å²) in [5.74, 6) is 0.936. The van der Waals surface area contributed by atoms with Crippen LogP contribution in [0.5, 0.6) is 5.75 Å². The summed E-state index contributed by atoms with van der Waals surface area (Å²) < 4.78 is 5.23. The first-order valence-corrected chi connectivity index (χ1v) is 5.68. The lowest BCUT2D eigenvalue weighted by Gasteiger charge is -2.10. The Kier molecular flexibility index (Phi) is 4.83. The maximum absolute atomic E-state index is 11.4. The van der Waals surface area contributed by atoms with Crippen molar-refractivity contribution in [3.05, 3.63) is 23.8 Å². The molecule has 1 amide bonds. The van der Waals surface area contributed by atoms with Crippen LogP contribution in [0.2, 0.25) is 0 Å². The van der Waals surface area contributed by atoms with Gasteiger partial charge in [-0.2, -0.15) is 0 Å². The first-order chi connectivity index (χ1) is 7.71. The van der Waals surface area contributed by atoms with Crippen LogP contribution in [0.25, 0.3) is 0 Å². The Hall–Kier alpha value is -1.51. The highest BCUT2D eigenvalue weighted by atomic mass is 16.5. The molecule has 0 aliphatic carbocycles. The molecule has 16 heavy (non-hydrogen) atoms. The maximum Gasteiger partial charge on any atom is 0.224 e. The monoisotopic (exact) mass is 221 g/mol. The fourth-order valence-corrected chi connectivity index (χ4v) is 1.58. The summed E-state index contributed by atoms with van der Waals surface area (Å²) in [6.07, 6.45) is 2.32. The van der Waals surface area contributed by atoms with E-state index in [-0.39, 0.29) is 5.91 Å². The minimum Gasteiger partial charge on any atom is -0.496 e. The number of rotatable bonds is 5. The number of nitrogens with one attached hydrogen (secondary N) is 1. The van der Waals surface area contributed by atoms with Crippen LogP contribution >= 0.6 is 0 Å². The average molecular weight is 221 g/mol. The third-order valence-corrected chi connectivity index (χ3v) is 2.42. The zero-order valence-electron chi connectivity index (χ0n) is 10.2. The van der Waals surface area contributed by atoms with Crippen LogP contribution < -0.4 is 10.1 Å². The van der Waals surface area contributed by atoms with E-state index in [0.29, 0.717) is 6.42 Å². The maximum atomic E-state index is 11.4. The molecule has 0 aliphatic heterocycles. The topological polar surface area (TPSA) is 38.3 Å². The van der Waals surface area contributed by atoms with Crippen LogP contribution in [-0.4, -0.2) is 13.0 Å². The van der Waals surface area contributed by atoms with Crippen molar-refractivity contribution >= 4 is 11.6 Å². The number of hydrogen-bond acceptors (Lipinski definition) is 2. The molecule has 1 rings (SSSR count). The second-order valence-electron chi connectivity index (χ2n) is 3.68. The van der Waals surface area contributed by atoms with E-state index in [4.69, 9.17) is 4.74 Å². The fraction of sp³-hybridized carbons (Fsp3) is 0.462. The zero-order valence-corrected chi connectivity index (χ0v) is 10.2. The third-order valence-electron chi connectivity index (χ3n) is 2.42. The second-order valence-corrected chi connectivity index (χ2v) is 3.68. The molecular formula is C13H19NO2. The van der Waals surface area contributed by atoms with Crippen molar-refractivity contribution in [1.82, 2.24) is 0 Å². The van der Waals surface area contributed by atoms with E-state index in [1.165, 1.54) is 0 Å². The number of aryl methyl sites for hydroxylation is 1. The minimum absolute atomic E-state index is 0.0646. The van der Waals surface area contributed by atoms with Gasteiger partial charge in [0.1, 0.15) is 5.75 Å². The van der Waals surface area contributed by atoms with Gasteiger partial charge < -0.3 is 10.1 Å². The van der Waals surface area contributed by atoms with Crippen LogP contribution in [0.4, 0.5) is 5.69 Å². The number of hydrogen-bond donors (Lipinski definition) is 1. The van der Waals surface area contributed by atoms with Gasteiger partial charge in [0.05, 0.1) is 7.11 Å². The highest BCUT2D eigenvalue weighted by Gasteiger charge is 2.05. The Morgan fingerprint density at radius 1 is 1.38 bits per heavy atom. The molecule has 3 heteroatoms. The Labute approximate surface area is 96.8 Å². The predicted molar refractivity (Wildman–Crippen MR) is 65.9 cm³/mol. The van der Waals surface area contributed by atoms with E-state index >= 15 is 0 Å². The van der Waals surface area contributed by atoms with Gasteiger partial charge in [-0.3, -0.25) is 4.79 Å². The summed E-state index contributed by atoms with van der Waals surface area (Å²) in [5.41, 5.74) is 1.95. The summed E-state index contributed by atoms with van der Waals surface area (Å²) in [5, 5.41) is 2.87. The fourth-order valence-electron chi connectivity index (χ4n) is 1.58. The predicted octanol–water partition coefficient (Wildman–Crippen LogP) is 3.00. The van der Waals surface area contributed by atoms with Gasteiger partial charge in [-0.05, 0) is 36.6 Å². The van der Waals surface area contributed by atoms with Crippen LogP contribution in [0.3, 0.4) is 0 Å². The molecular weight excluding hydrogens is 202 g/mol. The number of carbonyl (C=O) groups excluding carboxylic acids is 1. The second kappa shape index (κ2) is 6.16. The molecule has 0 atom stereocenters. The van der Waals surface area contributed by atoms with Gasteiger partial charge >= 0.3 is 0 Å². The third kappa shape index (κ3) is 3.26. The Morgan fingerprint density at radius 3 is 2.69 bits per heavy atom. The minimum atomic E-state index is 0.0646. The first kappa shape index (κ1) is 12.6. The number of carbonyl (C=O) groups is 1. The lowest BCUT2D eigenvalue weighted by molar-refractivity contribution is -0.116. The Balaban J connectivity index is 2.78. The van der Waals surface area contributed by atoms with E-state index in [1.807, 2.05) is 25.1 Å². The number of anilines is 1. The summed E-state index contributed by atoms with van der Waals surface area (Å²) in [6.45, 7) is 4.06. The van der Waals surface area contributed by atoms with Gasteiger partial charge in [-0.25, -0.2) is 0 Å². The number of ether oxygens (including phenoxy) is 1. The molecule has 0 fully saturated rings. The number of amides is 1. The molecule has 1 aromatic rings. The van der Waals surface area contributed by atoms with E-state index in [0.717, 1.165) is 29.8 Å². The largest absolute Gasteiger partial charge is 0.496 e. The van der Waals surface area contributed by atoms with Gasteiger partial charge in [0, 0.05) is 12.1 Å². The molecule has 1 N–H and O–H groups in total. The van der Waals surface area contributed by atoms with E-state index in [1.54, 1.807) is 7.11 Å². The lowest BCUT2D eigenvalue weighted by Crippen LogP contribution is -2.10. The molecule has 0 heterocycles. The van der Waals surface area contributed by atoms with Gasteiger partial charge in [-0.1, -0.05) is 13.8 Å². The molecule has 0 saturated heterocycles. The molecule has 1 aromatic carbocycles. The normalized spacial score (nSPS) is 9.94. The van der Waals surface area contributed by atoms with Crippen molar-refractivity contribution in [1.29, 1.82) is 0 Å². The summed E-state index contributed by atoms with van der Waals surface area (Å²) in [6, 6.07) is 5.72. The Morgan fingerprint density at radius 2 is 2.12 bits per heavy atom. The Bertz CT molecular complexity index is 361. The smallest absolute Gasteiger partial charge is 0.224 e. The molecule has 0 saturated carbocycles. The van der Waals surface area contributed by atoms with Crippen molar-refractivity contribution in [3.8, 4) is 5.75 Å². The van der Waals surface area contributed by atoms with E-state index < -0.39 is 0 Å². The molecule has 0 unspecified atom stereocenters. The quantitative estimate of drug-likeness (QED) is 0.830. The molecule has 0 bridgehead atoms. The van der Waals surface area contributed by atoms with Crippen LogP contribution in [-0.2, 0) is 11.2 Å². The van der Waals surface area contributed by atoms with Crippen LogP contribution in [0, 0.1) is 0 Å². The van der Waals surface area contributed by atoms with Gasteiger partial charge in [0.15, 0.2) is 0 Å².